The molecule has 3 rings (SSSR count). The van der Waals surface area contributed by atoms with E-state index in [1.165, 1.54) is 6.42 Å². The van der Waals surface area contributed by atoms with Crippen LogP contribution in [-0.2, 0) is 14.3 Å². The molecule has 2 bridgehead atoms. The zero-order valence-electron chi connectivity index (χ0n) is 14.4. The molecule has 1 saturated heterocycles. The summed E-state index contributed by atoms with van der Waals surface area (Å²) in [6.07, 6.45) is 5.28. The Bertz CT molecular complexity index is 442. The number of amides is 2. The highest BCUT2D eigenvalue weighted by atomic mass is 35.5. The summed E-state index contributed by atoms with van der Waals surface area (Å²) < 4.78 is 5.27. The fraction of sp³-hybridized carbons (Fsp3) is 0.882. The summed E-state index contributed by atoms with van der Waals surface area (Å²) in [5.41, 5.74) is 6.29. The predicted molar refractivity (Wildman–Crippen MR) is 93.8 cm³/mol. The standard InChI is InChI=1S/C17H29N3O3.ClH/c1-11(17(22)20-5-7-23-8-6-20)19-16(21)14-9-12-3-2-4-13(10-14)15(12)18;/h11-15H,2-10,18H2,1H3,(H,19,21);1H. The maximum Gasteiger partial charge on any atom is 0.245 e. The van der Waals surface area contributed by atoms with Crippen molar-refractivity contribution >= 4 is 24.2 Å². The molecule has 2 saturated carbocycles. The average molecular weight is 360 g/mol. The van der Waals surface area contributed by atoms with Gasteiger partial charge in [-0.3, -0.25) is 9.59 Å². The molecule has 0 aromatic carbocycles. The van der Waals surface area contributed by atoms with E-state index in [2.05, 4.69) is 5.32 Å². The third-order valence-corrected chi connectivity index (χ3v) is 5.84. The number of morpholine rings is 1. The lowest BCUT2D eigenvalue weighted by atomic mass is 9.65. The number of halogens is 1. The van der Waals surface area contributed by atoms with Crippen molar-refractivity contribution in [2.24, 2.45) is 23.5 Å². The van der Waals surface area contributed by atoms with Crippen molar-refractivity contribution in [1.82, 2.24) is 10.2 Å². The lowest BCUT2D eigenvalue weighted by molar-refractivity contribution is -0.140. The molecule has 3 unspecified atom stereocenters. The Morgan fingerprint density at radius 2 is 1.75 bits per heavy atom. The summed E-state index contributed by atoms with van der Waals surface area (Å²) in [4.78, 5) is 26.8. The van der Waals surface area contributed by atoms with Gasteiger partial charge in [-0.05, 0) is 44.4 Å². The van der Waals surface area contributed by atoms with Crippen molar-refractivity contribution < 1.29 is 14.3 Å². The Morgan fingerprint density at radius 1 is 1.17 bits per heavy atom. The van der Waals surface area contributed by atoms with E-state index in [4.69, 9.17) is 10.5 Å². The van der Waals surface area contributed by atoms with E-state index in [1.807, 2.05) is 0 Å². The van der Waals surface area contributed by atoms with Gasteiger partial charge in [0.25, 0.3) is 0 Å². The first-order valence-corrected chi connectivity index (χ1v) is 8.98. The monoisotopic (exact) mass is 359 g/mol. The number of hydrogen-bond acceptors (Lipinski definition) is 4. The highest BCUT2D eigenvalue weighted by molar-refractivity contribution is 5.88. The number of nitrogens with zero attached hydrogens (tertiary/aromatic N) is 1. The van der Waals surface area contributed by atoms with Crippen molar-refractivity contribution in [2.45, 2.75) is 51.1 Å². The first kappa shape index (κ1) is 19.5. The molecule has 2 aliphatic carbocycles. The van der Waals surface area contributed by atoms with Crippen LogP contribution in [0.25, 0.3) is 0 Å². The molecule has 3 atom stereocenters. The summed E-state index contributed by atoms with van der Waals surface area (Å²) in [7, 11) is 0. The molecule has 7 heteroatoms. The second-order valence-electron chi connectivity index (χ2n) is 7.36. The number of nitrogens with two attached hydrogens (primary N) is 1. The molecule has 3 aliphatic rings. The Morgan fingerprint density at radius 3 is 2.33 bits per heavy atom. The van der Waals surface area contributed by atoms with Gasteiger partial charge < -0.3 is 20.7 Å². The minimum absolute atomic E-state index is 0. The van der Waals surface area contributed by atoms with Gasteiger partial charge >= 0.3 is 0 Å². The average Bonchev–Trinajstić information content (AvgIpc) is 2.54. The van der Waals surface area contributed by atoms with Crippen LogP contribution in [0.5, 0.6) is 0 Å². The topological polar surface area (TPSA) is 84.7 Å². The summed E-state index contributed by atoms with van der Waals surface area (Å²) in [6.45, 7) is 4.17. The molecule has 3 N–H and O–H groups in total. The summed E-state index contributed by atoms with van der Waals surface area (Å²) in [6, 6.07) is -0.198. The van der Waals surface area contributed by atoms with Crippen LogP contribution in [-0.4, -0.2) is 55.1 Å². The minimum atomic E-state index is -0.462. The maximum absolute atomic E-state index is 12.6. The number of carbonyl (C=O) groups excluding carboxylic acids is 2. The van der Waals surface area contributed by atoms with Crippen molar-refractivity contribution in [3.63, 3.8) is 0 Å². The van der Waals surface area contributed by atoms with Crippen molar-refractivity contribution in [2.75, 3.05) is 26.3 Å². The van der Waals surface area contributed by atoms with E-state index in [-0.39, 0.29) is 36.2 Å². The predicted octanol–water partition coefficient (Wildman–Crippen LogP) is 0.925. The number of carbonyl (C=O) groups is 2. The van der Waals surface area contributed by atoms with E-state index >= 15 is 0 Å². The lowest BCUT2D eigenvalue weighted by Gasteiger charge is -2.43. The number of fused-ring (bicyclic) bond motifs is 2. The smallest absolute Gasteiger partial charge is 0.245 e. The quantitative estimate of drug-likeness (QED) is 0.785. The van der Waals surface area contributed by atoms with E-state index in [0.29, 0.717) is 38.1 Å². The molecule has 3 fully saturated rings. The Labute approximate surface area is 150 Å². The fourth-order valence-corrected chi connectivity index (χ4v) is 4.45. The van der Waals surface area contributed by atoms with Gasteiger partial charge in [-0.15, -0.1) is 12.4 Å². The van der Waals surface area contributed by atoms with E-state index in [9.17, 15) is 9.59 Å². The second-order valence-corrected chi connectivity index (χ2v) is 7.36. The van der Waals surface area contributed by atoms with Crippen LogP contribution in [0.4, 0.5) is 0 Å². The van der Waals surface area contributed by atoms with Crippen molar-refractivity contribution in [1.29, 1.82) is 0 Å². The molecule has 0 aromatic rings. The van der Waals surface area contributed by atoms with Gasteiger partial charge in [-0.1, -0.05) is 6.42 Å². The van der Waals surface area contributed by atoms with Crippen molar-refractivity contribution in [3.05, 3.63) is 0 Å². The molecule has 0 radical (unpaired) electrons. The highest BCUT2D eigenvalue weighted by Crippen LogP contribution is 2.41. The van der Waals surface area contributed by atoms with E-state index in [1.54, 1.807) is 11.8 Å². The van der Waals surface area contributed by atoms with Crippen LogP contribution in [0.1, 0.15) is 39.0 Å². The fourth-order valence-electron chi connectivity index (χ4n) is 4.45. The van der Waals surface area contributed by atoms with Gasteiger partial charge in [0.1, 0.15) is 6.04 Å². The summed E-state index contributed by atoms with van der Waals surface area (Å²) in [5, 5.41) is 2.94. The summed E-state index contributed by atoms with van der Waals surface area (Å²) >= 11 is 0. The number of nitrogens with one attached hydrogen (secondary N) is 1. The van der Waals surface area contributed by atoms with Crippen LogP contribution < -0.4 is 11.1 Å². The van der Waals surface area contributed by atoms with Crippen LogP contribution >= 0.6 is 12.4 Å². The molecule has 1 aliphatic heterocycles. The van der Waals surface area contributed by atoms with E-state index in [0.717, 1.165) is 25.7 Å². The van der Waals surface area contributed by atoms with Gasteiger partial charge in [-0.25, -0.2) is 0 Å². The molecule has 138 valence electrons. The van der Waals surface area contributed by atoms with Crippen LogP contribution in [0, 0.1) is 17.8 Å². The Balaban J connectivity index is 0.00000208. The van der Waals surface area contributed by atoms with Crippen molar-refractivity contribution in [3.8, 4) is 0 Å². The van der Waals surface area contributed by atoms with Crippen LogP contribution in [0.15, 0.2) is 0 Å². The molecule has 0 spiro atoms. The first-order valence-electron chi connectivity index (χ1n) is 8.98. The number of ether oxygens (including phenoxy) is 1. The molecule has 6 nitrogen and oxygen atoms in total. The number of hydrogen-bond donors (Lipinski definition) is 2. The third-order valence-electron chi connectivity index (χ3n) is 5.84. The molecule has 0 aromatic heterocycles. The maximum atomic E-state index is 12.6. The number of rotatable bonds is 3. The Kier molecular flexibility index (Phi) is 6.89. The zero-order valence-corrected chi connectivity index (χ0v) is 15.2. The normalized spacial score (nSPS) is 34.0. The molecule has 1 heterocycles. The SMILES string of the molecule is CC(NC(=O)C1CC2CCCC(C1)C2N)C(=O)N1CCOCC1.Cl. The highest BCUT2D eigenvalue weighted by Gasteiger charge is 2.41. The van der Waals surface area contributed by atoms with E-state index < -0.39 is 6.04 Å². The Hall–Kier alpha value is -0.850. The van der Waals surface area contributed by atoms with Gasteiger partial charge in [-0.2, -0.15) is 0 Å². The van der Waals surface area contributed by atoms with Crippen LogP contribution in [0.3, 0.4) is 0 Å². The third kappa shape index (κ3) is 4.21. The lowest BCUT2D eigenvalue weighted by Crippen LogP contribution is -2.53. The molecule has 24 heavy (non-hydrogen) atoms. The van der Waals surface area contributed by atoms with Gasteiger partial charge in [0, 0.05) is 25.0 Å². The minimum Gasteiger partial charge on any atom is -0.378 e. The molecular formula is C17H30ClN3O3. The zero-order chi connectivity index (χ0) is 16.4. The molecule has 2 amide bonds. The largest absolute Gasteiger partial charge is 0.378 e. The molecular weight excluding hydrogens is 330 g/mol. The first-order chi connectivity index (χ1) is 11.1. The van der Waals surface area contributed by atoms with Crippen LogP contribution in [0.2, 0.25) is 0 Å². The second kappa shape index (κ2) is 8.50. The van der Waals surface area contributed by atoms with Gasteiger partial charge in [0.15, 0.2) is 0 Å². The summed E-state index contributed by atoms with van der Waals surface area (Å²) in [5.74, 6) is 0.995. The van der Waals surface area contributed by atoms with Gasteiger partial charge in [0.2, 0.25) is 11.8 Å². The van der Waals surface area contributed by atoms with Gasteiger partial charge in [0.05, 0.1) is 13.2 Å².